The van der Waals surface area contributed by atoms with E-state index >= 15 is 0 Å². The number of rotatable bonds is 1. The zero-order valence-corrected chi connectivity index (χ0v) is 8.01. The van der Waals surface area contributed by atoms with Crippen LogP contribution < -0.4 is 4.90 Å². The average molecular weight is 207 g/mol. The maximum atomic E-state index is 11.5. The number of carbonyl (C=O) groups is 2. The first-order valence-corrected chi connectivity index (χ1v) is 4.43. The molecular formula is C10H9NO4. The Morgan fingerprint density at radius 3 is 2.33 bits per heavy atom. The number of imide groups is 1. The van der Waals surface area contributed by atoms with Crippen LogP contribution in [0.25, 0.3) is 0 Å². The summed E-state index contributed by atoms with van der Waals surface area (Å²) in [5, 5.41) is 9.06. The summed E-state index contributed by atoms with van der Waals surface area (Å²) >= 11 is 0. The van der Waals surface area contributed by atoms with Crippen molar-refractivity contribution < 1.29 is 19.4 Å². The fourth-order valence-corrected chi connectivity index (χ4v) is 1.36. The second-order valence-corrected chi connectivity index (χ2v) is 3.22. The molecule has 1 fully saturated rings. The van der Waals surface area contributed by atoms with E-state index in [9.17, 15) is 9.59 Å². The fraction of sp³-hybridized carbons (Fsp3) is 0.200. The second kappa shape index (κ2) is 3.27. The highest BCUT2D eigenvalue weighted by atomic mass is 16.6. The highest BCUT2D eigenvalue weighted by Gasteiger charge is 2.38. The molecule has 0 bridgehead atoms. The maximum Gasteiger partial charge on any atom is 0.422 e. The molecule has 1 saturated heterocycles. The Labute approximate surface area is 85.9 Å². The van der Waals surface area contributed by atoms with Gasteiger partial charge in [-0.05, 0) is 31.2 Å². The largest absolute Gasteiger partial charge is 0.508 e. The molecule has 15 heavy (non-hydrogen) atoms. The van der Waals surface area contributed by atoms with Crippen molar-refractivity contribution in [2.45, 2.75) is 13.0 Å². The van der Waals surface area contributed by atoms with Crippen LogP contribution in [0.5, 0.6) is 5.75 Å². The molecule has 1 heterocycles. The Kier molecular flexibility index (Phi) is 2.07. The minimum atomic E-state index is -0.744. The lowest BCUT2D eigenvalue weighted by Crippen LogP contribution is -2.30. The number of benzene rings is 1. The van der Waals surface area contributed by atoms with Crippen molar-refractivity contribution in [1.29, 1.82) is 0 Å². The molecule has 1 N–H and O–H groups in total. The molecular weight excluding hydrogens is 198 g/mol. The van der Waals surface area contributed by atoms with Gasteiger partial charge in [0.2, 0.25) is 0 Å². The van der Waals surface area contributed by atoms with Crippen LogP contribution in [-0.4, -0.2) is 23.2 Å². The van der Waals surface area contributed by atoms with Crippen molar-refractivity contribution in [3.8, 4) is 5.75 Å². The third-order valence-electron chi connectivity index (χ3n) is 2.14. The first kappa shape index (κ1) is 9.51. The summed E-state index contributed by atoms with van der Waals surface area (Å²) in [4.78, 5) is 23.8. The lowest BCUT2D eigenvalue weighted by Gasteiger charge is -2.10. The van der Waals surface area contributed by atoms with Gasteiger partial charge in [-0.15, -0.1) is 0 Å². The molecule has 1 aromatic rings. The molecule has 1 aliphatic rings. The molecule has 1 aromatic carbocycles. The van der Waals surface area contributed by atoms with Gasteiger partial charge < -0.3 is 9.84 Å². The van der Waals surface area contributed by atoms with Gasteiger partial charge in [0, 0.05) is 0 Å². The highest BCUT2D eigenvalue weighted by Crippen LogP contribution is 2.24. The number of phenols is 1. The SMILES string of the molecule is CC1OC(=O)N(c2ccc(O)cc2)C1=O. The van der Waals surface area contributed by atoms with E-state index in [1.54, 1.807) is 0 Å². The Balaban J connectivity index is 2.35. The van der Waals surface area contributed by atoms with Gasteiger partial charge in [-0.2, -0.15) is 0 Å². The Bertz CT molecular complexity index is 412. The van der Waals surface area contributed by atoms with Gasteiger partial charge in [0.15, 0.2) is 6.10 Å². The number of cyclic esters (lactones) is 1. The molecule has 0 aromatic heterocycles. The maximum absolute atomic E-state index is 11.5. The zero-order chi connectivity index (χ0) is 11.0. The lowest BCUT2D eigenvalue weighted by molar-refractivity contribution is -0.121. The number of hydrogen-bond acceptors (Lipinski definition) is 4. The summed E-state index contributed by atoms with van der Waals surface area (Å²) in [5.74, 6) is -0.322. The van der Waals surface area contributed by atoms with Gasteiger partial charge in [-0.3, -0.25) is 4.79 Å². The smallest absolute Gasteiger partial charge is 0.422 e. The number of aromatic hydroxyl groups is 1. The molecule has 1 unspecified atom stereocenters. The molecule has 5 heteroatoms. The number of phenolic OH excluding ortho intramolecular Hbond substituents is 1. The summed E-state index contributed by atoms with van der Waals surface area (Å²) in [6.45, 7) is 1.51. The van der Waals surface area contributed by atoms with Gasteiger partial charge in [-0.25, -0.2) is 9.69 Å². The Morgan fingerprint density at radius 1 is 1.27 bits per heavy atom. The molecule has 78 valence electrons. The number of carbonyl (C=O) groups excluding carboxylic acids is 2. The van der Waals surface area contributed by atoms with Crippen LogP contribution in [0.3, 0.4) is 0 Å². The third kappa shape index (κ3) is 1.52. The van der Waals surface area contributed by atoms with Crippen LogP contribution in [-0.2, 0) is 9.53 Å². The minimum Gasteiger partial charge on any atom is -0.508 e. The summed E-state index contributed by atoms with van der Waals surface area (Å²) in [6.07, 6.45) is -1.43. The van der Waals surface area contributed by atoms with E-state index in [4.69, 9.17) is 9.84 Å². The number of hydrogen-bond donors (Lipinski definition) is 1. The van der Waals surface area contributed by atoms with Crippen LogP contribution in [0.1, 0.15) is 6.92 Å². The van der Waals surface area contributed by atoms with E-state index in [1.165, 1.54) is 31.2 Å². The summed E-state index contributed by atoms with van der Waals surface area (Å²) in [6, 6.07) is 5.76. The van der Waals surface area contributed by atoms with E-state index in [-0.39, 0.29) is 5.75 Å². The molecule has 5 nitrogen and oxygen atoms in total. The molecule has 1 aliphatic heterocycles. The monoisotopic (exact) mass is 207 g/mol. The molecule has 0 saturated carbocycles. The van der Waals surface area contributed by atoms with Crippen molar-refractivity contribution in [1.82, 2.24) is 0 Å². The molecule has 2 rings (SSSR count). The molecule has 1 atom stereocenters. The van der Waals surface area contributed by atoms with Crippen LogP contribution in [0.4, 0.5) is 10.5 Å². The zero-order valence-electron chi connectivity index (χ0n) is 8.01. The average Bonchev–Trinajstić information content (AvgIpc) is 2.44. The van der Waals surface area contributed by atoms with Crippen molar-refractivity contribution in [2.24, 2.45) is 0 Å². The van der Waals surface area contributed by atoms with Gasteiger partial charge in [0.1, 0.15) is 5.75 Å². The first-order valence-electron chi connectivity index (χ1n) is 4.43. The van der Waals surface area contributed by atoms with Crippen molar-refractivity contribution in [3.05, 3.63) is 24.3 Å². The van der Waals surface area contributed by atoms with Gasteiger partial charge in [-0.1, -0.05) is 0 Å². The first-order chi connectivity index (χ1) is 7.09. The summed E-state index contributed by atoms with van der Waals surface area (Å²) < 4.78 is 4.75. The van der Waals surface area contributed by atoms with E-state index < -0.39 is 18.1 Å². The van der Waals surface area contributed by atoms with Crippen LogP contribution in [0, 0.1) is 0 Å². The Hall–Kier alpha value is -2.04. The number of anilines is 1. The van der Waals surface area contributed by atoms with E-state index in [0.29, 0.717) is 5.69 Å². The van der Waals surface area contributed by atoms with E-state index in [1.807, 2.05) is 0 Å². The fourth-order valence-electron chi connectivity index (χ4n) is 1.36. The molecule has 0 aliphatic carbocycles. The quantitative estimate of drug-likeness (QED) is 0.752. The predicted molar refractivity (Wildman–Crippen MR) is 51.5 cm³/mol. The standard InChI is InChI=1S/C10H9NO4/c1-6-9(13)11(10(14)15-6)7-2-4-8(12)5-3-7/h2-6,12H,1H3. The van der Waals surface area contributed by atoms with Crippen LogP contribution in [0.2, 0.25) is 0 Å². The van der Waals surface area contributed by atoms with E-state index in [0.717, 1.165) is 4.90 Å². The second-order valence-electron chi connectivity index (χ2n) is 3.22. The normalized spacial score (nSPS) is 20.6. The summed E-state index contributed by atoms with van der Waals surface area (Å²) in [5.41, 5.74) is 0.396. The van der Waals surface area contributed by atoms with Crippen molar-refractivity contribution in [3.63, 3.8) is 0 Å². The van der Waals surface area contributed by atoms with Gasteiger partial charge in [0.05, 0.1) is 5.69 Å². The van der Waals surface area contributed by atoms with Crippen molar-refractivity contribution >= 4 is 17.7 Å². The number of amides is 2. The highest BCUT2D eigenvalue weighted by molar-refractivity contribution is 6.17. The topological polar surface area (TPSA) is 66.8 Å². The Morgan fingerprint density at radius 2 is 1.87 bits per heavy atom. The predicted octanol–water partition coefficient (Wildman–Crippen LogP) is 1.26. The molecule has 0 radical (unpaired) electrons. The van der Waals surface area contributed by atoms with Crippen molar-refractivity contribution in [2.75, 3.05) is 4.90 Å². The van der Waals surface area contributed by atoms with E-state index in [2.05, 4.69) is 0 Å². The number of ether oxygens (including phenoxy) is 1. The van der Waals surface area contributed by atoms with Crippen LogP contribution in [0.15, 0.2) is 24.3 Å². The minimum absolute atomic E-state index is 0.0758. The molecule has 0 spiro atoms. The summed E-state index contributed by atoms with van der Waals surface area (Å²) in [7, 11) is 0. The van der Waals surface area contributed by atoms with Crippen LogP contribution >= 0.6 is 0 Å². The van der Waals surface area contributed by atoms with Gasteiger partial charge in [0.25, 0.3) is 5.91 Å². The molecule has 2 amide bonds. The van der Waals surface area contributed by atoms with Gasteiger partial charge >= 0.3 is 6.09 Å². The lowest BCUT2D eigenvalue weighted by atomic mass is 10.2. The third-order valence-corrected chi connectivity index (χ3v) is 2.14. The number of nitrogens with zero attached hydrogens (tertiary/aromatic N) is 1.